The van der Waals surface area contributed by atoms with Gasteiger partial charge in [0.25, 0.3) is 0 Å². The zero-order chi connectivity index (χ0) is 11.4. The predicted molar refractivity (Wildman–Crippen MR) is 65.4 cm³/mol. The number of nitrogens with zero attached hydrogens (tertiary/aromatic N) is 1. The van der Waals surface area contributed by atoms with Crippen molar-refractivity contribution in [3.8, 4) is 0 Å². The van der Waals surface area contributed by atoms with Crippen LogP contribution in [-0.2, 0) is 11.2 Å². The second-order valence-electron chi connectivity index (χ2n) is 3.94. The van der Waals surface area contributed by atoms with Gasteiger partial charge in [-0.25, -0.2) is 0 Å². The van der Waals surface area contributed by atoms with Gasteiger partial charge in [-0.05, 0) is 17.9 Å². The topological polar surface area (TPSA) is 30.0 Å². The molecule has 0 N–H and O–H groups in total. The molecular formula is C14H15NO. The largest absolute Gasteiger partial charge is 0.299 e. The molecule has 2 nitrogen and oxygen atoms in total. The molecule has 0 aliphatic rings. The third-order valence-corrected chi connectivity index (χ3v) is 2.65. The summed E-state index contributed by atoms with van der Waals surface area (Å²) in [6.45, 7) is 2.02. The van der Waals surface area contributed by atoms with Gasteiger partial charge in [-0.2, -0.15) is 0 Å². The number of rotatable bonds is 4. The minimum atomic E-state index is 0.270. The van der Waals surface area contributed by atoms with Crippen LogP contribution >= 0.6 is 0 Å². The number of carbonyl (C=O) groups is 1. The Hall–Kier alpha value is -1.70. The van der Waals surface area contributed by atoms with Gasteiger partial charge in [0, 0.05) is 24.4 Å². The molecule has 0 saturated carbocycles. The second-order valence-corrected chi connectivity index (χ2v) is 3.94. The molecule has 1 heterocycles. The standard InChI is InChI=1S/C14H15NO/c1-2-5-12(16)10-14-13-7-4-3-6-11(13)8-9-15-14/h3-4,6-9H,2,5,10H2,1H3. The molecule has 0 atom stereocenters. The minimum absolute atomic E-state index is 0.270. The van der Waals surface area contributed by atoms with Gasteiger partial charge >= 0.3 is 0 Å². The van der Waals surface area contributed by atoms with Crippen LogP contribution in [0.25, 0.3) is 10.8 Å². The van der Waals surface area contributed by atoms with Crippen LogP contribution in [0, 0.1) is 0 Å². The molecule has 1 aromatic carbocycles. The highest BCUT2D eigenvalue weighted by molar-refractivity contribution is 5.89. The summed E-state index contributed by atoms with van der Waals surface area (Å²) < 4.78 is 0. The summed E-state index contributed by atoms with van der Waals surface area (Å²) in [7, 11) is 0. The Labute approximate surface area is 95.3 Å². The zero-order valence-electron chi connectivity index (χ0n) is 9.44. The average molecular weight is 213 g/mol. The van der Waals surface area contributed by atoms with Gasteiger partial charge < -0.3 is 0 Å². The lowest BCUT2D eigenvalue weighted by atomic mass is 10.0. The quantitative estimate of drug-likeness (QED) is 0.781. The summed E-state index contributed by atoms with van der Waals surface area (Å²) in [5, 5.41) is 2.24. The van der Waals surface area contributed by atoms with E-state index in [1.54, 1.807) is 6.20 Å². The van der Waals surface area contributed by atoms with Crippen LogP contribution in [0.5, 0.6) is 0 Å². The maximum Gasteiger partial charge on any atom is 0.138 e. The molecule has 16 heavy (non-hydrogen) atoms. The van der Waals surface area contributed by atoms with Crippen molar-refractivity contribution >= 4 is 16.6 Å². The molecule has 0 aliphatic carbocycles. The lowest BCUT2D eigenvalue weighted by Gasteiger charge is -2.04. The summed E-state index contributed by atoms with van der Waals surface area (Å²) in [5.74, 6) is 0.270. The average Bonchev–Trinajstić information content (AvgIpc) is 2.30. The third-order valence-electron chi connectivity index (χ3n) is 2.65. The van der Waals surface area contributed by atoms with Crippen molar-refractivity contribution in [2.45, 2.75) is 26.2 Å². The molecule has 0 bridgehead atoms. The predicted octanol–water partition coefficient (Wildman–Crippen LogP) is 3.15. The molecule has 0 radical (unpaired) electrons. The van der Waals surface area contributed by atoms with Gasteiger partial charge in [0.15, 0.2) is 0 Å². The first-order valence-corrected chi connectivity index (χ1v) is 5.65. The van der Waals surface area contributed by atoms with Gasteiger partial charge in [0.2, 0.25) is 0 Å². The lowest BCUT2D eigenvalue weighted by molar-refractivity contribution is -0.118. The van der Waals surface area contributed by atoms with E-state index in [1.807, 2.05) is 37.3 Å². The number of benzene rings is 1. The highest BCUT2D eigenvalue weighted by Crippen LogP contribution is 2.17. The Morgan fingerprint density at radius 2 is 2.06 bits per heavy atom. The van der Waals surface area contributed by atoms with Crippen LogP contribution in [0.4, 0.5) is 0 Å². The fourth-order valence-electron chi connectivity index (χ4n) is 1.88. The molecule has 0 unspecified atom stereocenters. The number of carbonyl (C=O) groups excluding carboxylic acids is 1. The van der Waals surface area contributed by atoms with Crippen LogP contribution in [0.2, 0.25) is 0 Å². The Morgan fingerprint density at radius 1 is 1.25 bits per heavy atom. The molecule has 0 fully saturated rings. The highest BCUT2D eigenvalue weighted by atomic mass is 16.1. The number of aromatic nitrogens is 1. The van der Waals surface area contributed by atoms with Crippen molar-refractivity contribution in [2.75, 3.05) is 0 Å². The van der Waals surface area contributed by atoms with E-state index in [0.29, 0.717) is 12.8 Å². The first kappa shape index (κ1) is 10.8. The summed E-state index contributed by atoms with van der Waals surface area (Å²) in [6, 6.07) is 10.0. The van der Waals surface area contributed by atoms with E-state index in [0.717, 1.165) is 22.9 Å². The fourth-order valence-corrected chi connectivity index (χ4v) is 1.88. The number of ketones is 1. The highest BCUT2D eigenvalue weighted by Gasteiger charge is 2.06. The molecular weight excluding hydrogens is 198 g/mol. The Balaban J connectivity index is 2.33. The van der Waals surface area contributed by atoms with E-state index in [4.69, 9.17) is 0 Å². The molecule has 82 valence electrons. The zero-order valence-corrected chi connectivity index (χ0v) is 9.44. The van der Waals surface area contributed by atoms with Crippen molar-refractivity contribution in [3.63, 3.8) is 0 Å². The van der Waals surface area contributed by atoms with Crippen LogP contribution in [0.1, 0.15) is 25.5 Å². The number of hydrogen-bond acceptors (Lipinski definition) is 2. The molecule has 0 aliphatic heterocycles. The Kier molecular flexibility index (Phi) is 3.30. The first-order valence-electron chi connectivity index (χ1n) is 5.65. The van der Waals surface area contributed by atoms with Crippen molar-refractivity contribution < 1.29 is 4.79 Å². The molecule has 0 saturated heterocycles. The van der Waals surface area contributed by atoms with Crippen LogP contribution < -0.4 is 0 Å². The van der Waals surface area contributed by atoms with Gasteiger partial charge in [0.05, 0.1) is 5.69 Å². The van der Waals surface area contributed by atoms with Crippen LogP contribution in [0.3, 0.4) is 0 Å². The van der Waals surface area contributed by atoms with Gasteiger partial charge in [-0.15, -0.1) is 0 Å². The van der Waals surface area contributed by atoms with Crippen molar-refractivity contribution in [2.24, 2.45) is 0 Å². The third kappa shape index (κ3) is 2.27. The Bertz CT molecular complexity index is 500. The monoisotopic (exact) mass is 213 g/mol. The molecule has 2 heteroatoms. The van der Waals surface area contributed by atoms with E-state index in [9.17, 15) is 4.79 Å². The van der Waals surface area contributed by atoms with E-state index in [1.165, 1.54) is 0 Å². The molecule has 2 rings (SSSR count). The summed E-state index contributed by atoms with van der Waals surface area (Å²) >= 11 is 0. The summed E-state index contributed by atoms with van der Waals surface area (Å²) in [4.78, 5) is 15.9. The van der Waals surface area contributed by atoms with E-state index < -0.39 is 0 Å². The van der Waals surface area contributed by atoms with Crippen molar-refractivity contribution in [1.82, 2.24) is 4.98 Å². The van der Waals surface area contributed by atoms with Crippen LogP contribution in [-0.4, -0.2) is 10.8 Å². The smallest absolute Gasteiger partial charge is 0.138 e. The van der Waals surface area contributed by atoms with Crippen molar-refractivity contribution in [3.05, 3.63) is 42.2 Å². The van der Waals surface area contributed by atoms with Gasteiger partial charge in [-0.1, -0.05) is 31.2 Å². The summed E-state index contributed by atoms with van der Waals surface area (Å²) in [5.41, 5.74) is 0.900. The molecule has 0 spiro atoms. The van der Waals surface area contributed by atoms with E-state index in [-0.39, 0.29) is 5.78 Å². The fraction of sp³-hybridized carbons (Fsp3) is 0.286. The SMILES string of the molecule is CCCC(=O)Cc1nccc2ccccc12. The maximum absolute atomic E-state index is 11.6. The number of Topliss-reactive ketones (excluding diaryl/α,β-unsaturated/α-hetero) is 1. The van der Waals surface area contributed by atoms with Crippen molar-refractivity contribution in [1.29, 1.82) is 0 Å². The number of fused-ring (bicyclic) bond motifs is 1. The second kappa shape index (κ2) is 4.88. The summed E-state index contributed by atoms with van der Waals surface area (Å²) in [6.07, 6.45) is 3.78. The normalized spacial score (nSPS) is 10.6. The van der Waals surface area contributed by atoms with Gasteiger partial charge in [0.1, 0.15) is 5.78 Å². The molecule has 0 amide bonds. The molecule has 1 aromatic heterocycles. The number of hydrogen-bond donors (Lipinski definition) is 0. The first-order chi connectivity index (χ1) is 7.81. The van der Waals surface area contributed by atoms with Crippen LogP contribution in [0.15, 0.2) is 36.5 Å². The lowest BCUT2D eigenvalue weighted by Crippen LogP contribution is -2.04. The number of pyridine rings is 1. The maximum atomic E-state index is 11.6. The van der Waals surface area contributed by atoms with E-state index in [2.05, 4.69) is 4.98 Å². The van der Waals surface area contributed by atoms with E-state index >= 15 is 0 Å². The Morgan fingerprint density at radius 3 is 2.88 bits per heavy atom. The van der Waals surface area contributed by atoms with Gasteiger partial charge in [-0.3, -0.25) is 9.78 Å². The minimum Gasteiger partial charge on any atom is -0.299 e. The molecule has 2 aromatic rings.